The minimum atomic E-state index is -0.456. The molecule has 3 heteroatoms. The summed E-state index contributed by atoms with van der Waals surface area (Å²) in [6, 6.07) is 9.52. The quantitative estimate of drug-likeness (QED) is 0.786. The topological polar surface area (TPSA) is 55.1 Å². The summed E-state index contributed by atoms with van der Waals surface area (Å²) in [5.41, 5.74) is 6.62. The van der Waals surface area contributed by atoms with Gasteiger partial charge in [-0.15, -0.1) is 0 Å². The minimum absolute atomic E-state index is 0.0599. The summed E-state index contributed by atoms with van der Waals surface area (Å²) in [5, 5.41) is 2.92. The number of carbonyl (C=O) groups excluding carboxylic acids is 1. The summed E-state index contributed by atoms with van der Waals surface area (Å²) < 4.78 is 0. The lowest BCUT2D eigenvalue weighted by atomic mass is 10.0. The van der Waals surface area contributed by atoms with E-state index in [1.54, 1.807) is 6.92 Å². The summed E-state index contributed by atoms with van der Waals surface area (Å²) in [6.07, 6.45) is 0.864. The first-order valence-corrected chi connectivity index (χ1v) is 5.26. The molecular formula is C12H18N2O. The van der Waals surface area contributed by atoms with Gasteiger partial charge in [-0.2, -0.15) is 0 Å². The molecule has 3 nitrogen and oxygen atoms in total. The third-order valence-corrected chi connectivity index (χ3v) is 2.34. The van der Waals surface area contributed by atoms with Crippen molar-refractivity contribution in [2.75, 3.05) is 0 Å². The standard InChI is InChI=1S/C12H18N2O/c1-3-11(14-12(15)9(2)13)10-7-5-4-6-8-10/h4-9,11H,3,13H2,1-2H3,(H,14,15)/t9-,11?/m0/s1. The number of amides is 1. The van der Waals surface area contributed by atoms with E-state index in [9.17, 15) is 4.79 Å². The number of rotatable bonds is 4. The zero-order valence-electron chi connectivity index (χ0n) is 9.23. The van der Waals surface area contributed by atoms with E-state index >= 15 is 0 Å². The van der Waals surface area contributed by atoms with Crippen molar-refractivity contribution in [1.29, 1.82) is 0 Å². The van der Waals surface area contributed by atoms with E-state index in [1.807, 2.05) is 37.3 Å². The molecule has 82 valence electrons. The molecule has 15 heavy (non-hydrogen) atoms. The average Bonchev–Trinajstić information content (AvgIpc) is 2.26. The van der Waals surface area contributed by atoms with E-state index < -0.39 is 6.04 Å². The van der Waals surface area contributed by atoms with Gasteiger partial charge in [0.2, 0.25) is 5.91 Å². The van der Waals surface area contributed by atoms with Crippen molar-refractivity contribution in [3.8, 4) is 0 Å². The predicted molar refractivity (Wildman–Crippen MR) is 61.3 cm³/mol. The van der Waals surface area contributed by atoms with Crippen molar-refractivity contribution in [3.63, 3.8) is 0 Å². The van der Waals surface area contributed by atoms with Gasteiger partial charge in [-0.3, -0.25) is 4.79 Å². The Morgan fingerprint density at radius 2 is 2.00 bits per heavy atom. The lowest BCUT2D eigenvalue weighted by Gasteiger charge is -2.18. The van der Waals surface area contributed by atoms with Crippen molar-refractivity contribution in [2.24, 2.45) is 5.73 Å². The van der Waals surface area contributed by atoms with Crippen LogP contribution in [-0.4, -0.2) is 11.9 Å². The smallest absolute Gasteiger partial charge is 0.237 e. The highest BCUT2D eigenvalue weighted by molar-refractivity contribution is 5.81. The Morgan fingerprint density at radius 1 is 1.40 bits per heavy atom. The third-order valence-electron chi connectivity index (χ3n) is 2.34. The summed E-state index contributed by atoms with van der Waals surface area (Å²) in [7, 11) is 0. The van der Waals surface area contributed by atoms with E-state index in [-0.39, 0.29) is 11.9 Å². The summed E-state index contributed by atoms with van der Waals surface area (Å²) in [6.45, 7) is 3.73. The molecule has 0 saturated heterocycles. The first kappa shape index (κ1) is 11.7. The number of hydrogen-bond acceptors (Lipinski definition) is 2. The third kappa shape index (κ3) is 3.36. The molecule has 3 N–H and O–H groups in total. The molecule has 2 atom stereocenters. The lowest BCUT2D eigenvalue weighted by molar-refractivity contribution is -0.122. The molecule has 0 aliphatic heterocycles. The van der Waals surface area contributed by atoms with Gasteiger partial charge in [0.1, 0.15) is 0 Å². The van der Waals surface area contributed by atoms with Gasteiger partial charge in [0, 0.05) is 0 Å². The molecule has 1 rings (SSSR count). The fourth-order valence-corrected chi connectivity index (χ4v) is 1.41. The van der Waals surface area contributed by atoms with E-state index in [1.165, 1.54) is 0 Å². The second-order valence-corrected chi connectivity index (χ2v) is 3.67. The van der Waals surface area contributed by atoms with Crippen LogP contribution in [0.4, 0.5) is 0 Å². The van der Waals surface area contributed by atoms with Crippen LogP contribution < -0.4 is 11.1 Å². The van der Waals surface area contributed by atoms with Crippen LogP contribution in [0.5, 0.6) is 0 Å². The molecule has 0 bridgehead atoms. The molecule has 0 fully saturated rings. The van der Waals surface area contributed by atoms with Crippen LogP contribution in [0.3, 0.4) is 0 Å². The van der Waals surface area contributed by atoms with Gasteiger partial charge in [-0.1, -0.05) is 37.3 Å². The van der Waals surface area contributed by atoms with Crippen molar-refractivity contribution in [1.82, 2.24) is 5.32 Å². The maximum Gasteiger partial charge on any atom is 0.237 e. The number of nitrogens with one attached hydrogen (secondary N) is 1. The Balaban J connectivity index is 2.69. The molecule has 0 aromatic heterocycles. The Labute approximate surface area is 90.7 Å². The van der Waals surface area contributed by atoms with Crippen molar-refractivity contribution < 1.29 is 4.79 Å². The molecule has 1 amide bonds. The first-order chi connectivity index (χ1) is 7.15. The van der Waals surface area contributed by atoms with E-state index in [2.05, 4.69) is 5.32 Å². The van der Waals surface area contributed by atoms with Crippen LogP contribution >= 0.6 is 0 Å². The maximum atomic E-state index is 11.4. The van der Waals surface area contributed by atoms with Gasteiger partial charge < -0.3 is 11.1 Å². The molecule has 1 aromatic carbocycles. The molecule has 0 heterocycles. The Bertz CT molecular complexity index is 309. The fraction of sp³-hybridized carbons (Fsp3) is 0.417. The number of carbonyl (C=O) groups is 1. The van der Waals surface area contributed by atoms with E-state index in [4.69, 9.17) is 5.73 Å². The van der Waals surface area contributed by atoms with Gasteiger partial charge in [-0.25, -0.2) is 0 Å². The molecule has 0 aliphatic rings. The second-order valence-electron chi connectivity index (χ2n) is 3.67. The monoisotopic (exact) mass is 206 g/mol. The predicted octanol–water partition coefficient (Wildman–Crippen LogP) is 1.60. The van der Waals surface area contributed by atoms with Crippen LogP contribution in [0.1, 0.15) is 31.9 Å². The summed E-state index contributed by atoms with van der Waals surface area (Å²) in [4.78, 5) is 11.4. The Kier molecular flexibility index (Phi) is 4.31. The number of hydrogen-bond donors (Lipinski definition) is 2. The van der Waals surface area contributed by atoms with Crippen LogP contribution in [0.2, 0.25) is 0 Å². The average molecular weight is 206 g/mol. The van der Waals surface area contributed by atoms with Gasteiger partial charge in [0.05, 0.1) is 12.1 Å². The fourth-order valence-electron chi connectivity index (χ4n) is 1.41. The Hall–Kier alpha value is -1.35. The maximum absolute atomic E-state index is 11.4. The highest BCUT2D eigenvalue weighted by Gasteiger charge is 2.14. The van der Waals surface area contributed by atoms with Crippen molar-refractivity contribution in [3.05, 3.63) is 35.9 Å². The molecule has 0 aliphatic carbocycles. The number of benzene rings is 1. The zero-order valence-corrected chi connectivity index (χ0v) is 9.23. The highest BCUT2D eigenvalue weighted by Crippen LogP contribution is 2.15. The zero-order chi connectivity index (χ0) is 11.3. The minimum Gasteiger partial charge on any atom is -0.348 e. The second kappa shape index (κ2) is 5.51. The van der Waals surface area contributed by atoms with Crippen LogP contribution in [0.15, 0.2) is 30.3 Å². The molecule has 0 radical (unpaired) electrons. The molecular weight excluding hydrogens is 188 g/mol. The van der Waals surface area contributed by atoms with Crippen LogP contribution in [-0.2, 0) is 4.79 Å². The summed E-state index contributed by atoms with van der Waals surface area (Å²) in [5.74, 6) is -0.106. The Morgan fingerprint density at radius 3 is 2.47 bits per heavy atom. The van der Waals surface area contributed by atoms with Crippen molar-refractivity contribution in [2.45, 2.75) is 32.4 Å². The highest BCUT2D eigenvalue weighted by atomic mass is 16.2. The normalized spacial score (nSPS) is 14.3. The van der Waals surface area contributed by atoms with Gasteiger partial charge >= 0.3 is 0 Å². The van der Waals surface area contributed by atoms with E-state index in [0.29, 0.717) is 0 Å². The molecule has 0 saturated carbocycles. The van der Waals surface area contributed by atoms with Gasteiger partial charge in [0.25, 0.3) is 0 Å². The number of nitrogens with two attached hydrogens (primary N) is 1. The van der Waals surface area contributed by atoms with Crippen LogP contribution in [0, 0.1) is 0 Å². The molecule has 0 spiro atoms. The van der Waals surface area contributed by atoms with Gasteiger partial charge in [0.15, 0.2) is 0 Å². The van der Waals surface area contributed by atoms with E-state index in [0.717, 1.165) is 12.0 Å². The first-order valence-electron chi connectivity index (χ1n) is 5.26. The summed E-state index contributed by atoms with van der Waals surface area (Å²) >= 11 is 0. The SMILES string of the molecule is CCC(NC(=O)[C@H](C)N)c1ccccc1. The largest absolute Gasteiger partial charge is 0.348 e. The molecule has 1 aromatic rings. The lowest BCUT2D eigenvalue weighted by Crippen LogP contribution is -2.40. The van der Waals surface area contributed by atoms with Crippen LogP contribution in [0.25, 0.3) is 0 Å². The van der Waals surface area contributed by atoms with Crippen molar-refractivity contribution >= 4 is 5.91 Å². The molecule has 1 unspecified atom stereocenters. The van der Waals surface area contributed by atoms with Gasteiger partial charge in [-0.05, 0) is 18.9 Å².